The van der Waals surface area contributed by atoms with Gasteiger partial charge >= 0.3 is 0 Å². The first-order chi connectivity index (χ1) is 10.0. The van der Waals surface area contributed by atoms with E-state index in [9.17, 15) is 4.79 Å². The van der Waals surface area contributed by atoms with Crippen LogP contribution in [0.15, 0.2) is 36.4 Å². The molecule has 0 atom stereocenters. The molecule has 0 radical (unpaired) electrons. The molecule has 106 valence electrons. The SMILES string of the molecule is Cc1cc(C)c(C(=O)NCc2ccc(C#N)cc2)cc1N. The minimum Gasteiger partial charge on any atom is -0.398 e. The Bertz CT molecular complexity index is 712. The summed E-state index contributed by atoms with van der Waals surface area (Å²) in [6.45, 7) is 4.22. The van der Waals surface area contributed by atoms with Crippen LogP contribution in [0, 0.1) is 25.2 Å². The van der Waals surface area contributed by atoms with E-state index >= 15 is 0 Å². The van der Waals surface area contributed by atoms with Crippen molar-refractivity contribution < 1.29 is 4.79 Å². The van der Waals surface area contributed by atoms with Crippen molar-refractivity contribution >= 4 is 11.6 Å². The predicted molar refractivity (Wildman–Crippen MR) is 82.7 cm³/mol. The van der Waals surface area contributed by atoms with E-state index in [0.717, 1.165) is 16.7 Å². The van der Waals surface area contributed by atoms with Crippen LogP contribution >= 0.6 is 0 Å². The standard InChI is InChI=1S/C17H17N3O/c1-11-7-12(2)16(19)8-15(11)17(21)20-10-14-5-3-13(9-18)4-6-14/h3-8H,10,19H2,1-2H3,(H,20,21). The molecule has 4 heteroatoms. The number of carbonyl (C=O) groups is 1. The molecule has 1 amide bonds. The molecule has 0 saturated heterocycles. The molecule has 0 aliphatic carbocycles. The molecule has 0 aromatic heterocycles. The molecule has 2 aromatic carbocycles. The first-order valence-electron chi connectivity index (χ1n) is 6.65. The average molecular weight is 279 g/mol. The van der Waals surface area contributed by atoms with Gasteiger partial charge in [-0.2, -0.15) is 5.26 Å². The van der Waals surface area contributed by atoms with Crippen LogP contribution in [0.25, 0.3) is 0 Å². The number of nitriles is 1. The number of amides is 1. The number of anilines is 1. The first kappa shape index (κ1) is 14.6. The second-order valence-corrected chi connectivity index (χ2v) is 5.02. The molecule has 2 aromatic rings. The minimum absolute atomic E-state index is 0.149. The average Bonchev–Trinajstić information content (AvgIpc) is 2.49. The highest BCUT2D eigenvalue weighted by atomic mass is 16.1. The molecule has 0 aliphatic rings. The first-order valence-corrected chi connectivity index (χ1v) is 6.65. The lowest BCUT2D eigenvalue weighted by Crippen LogP contribution is -2.23. The molecule has 0 heterocycles. The van der Waals surface area contributed by atoms with E-state index in [4.69, 9.17) is 11.0 Å². The highest BCUT2D eigenvalue weighted by molar-refractivity contribution is 5.96. The van der Waals surface area contributed by atoms with Crippen LogP contribution in [0.1, 0.15) is 32.6 Å². The molecule has 4 nitrogen and oxygen atoms in total. The largest absolute Gasteiger partial charge is 0.398 e. The van der Waals surface area contributed by atoms with Crippen molar-refractivity contribution in [1.82, 2.24) is 5.32 Å². The van der Waals surface area contributed by atoms with E-state index in [0.29, 0.717) is 23.4 Å². The molecular formula is C17H17N3O. The van der Waals surface area contributed by atoms with E-state index < -0.39 is 0 Å². The smallest absolute Gasteiger partial charge is 0.251 e. The van der Waals surface area contributed by atoms with Gasteiger partial charge in [0.15, 0.2) is 0 Å². The maximum Gasteiger partial charge on any atom is 0.251 e. The Morgan fingerprint density at radius 2 is 1.86 bits per heavy atom. The Morgan fingerprint density at radius 1 is 1.19 bits per heavy atom. The summed E-state index contributed by atoms with van der Waals surface area (Å²) in [6, 6.07) is 12.8. The number of aryl methyl sites for hydroxylation is 2. The van der Waals surface area contributed by atoms with Gasteiger partial charge in [-0.25, -0.2) is 0 Å². The number of hydrogen-bond acceptors (Lipinski definition) is 3. The van der Waals surface area contributed by atoms with Crippen molar-refractivity contribution in [2.45, 2.75) is 20.4 Å². The van der Waals surface area contributed by atoms with Gasteiger partial charge in [0.1, 0.15) is 0 Å². The number of nitrogen functional groups attached to an aromatic ring is 1. The second-order valence-electron chi connectivity index (χ2n) is 5.02. The minimum atomic E-state index is -0.149. The van der Waals surface area contributed by atoms with Crippen molar-refractivity contribution in [2.24, 2.45) is 0 Å². The normalized spacial score (nSPS) is 9.95. The summed E-state index contributed by atoms with van der Waals surface area (Å²) in [4.78, 5) is 12.2. The zero-order valence-corrected chi connectivity index (χ0v) is 12.1. The molecule has 3 N–H and O–H groups in total. The third-order valence-electron chi connectivity index (χ3n) is 3.39. The lowest BCUT2D eigenvalue weighted by atomic mass is 10.0. The predicted octanol–water partition coefficient (Wildman–Crippen LogP) is 2.69. The van der Waals surface area contributed by atoms with E-state index in [2.05, 4.69) is 11.4 Å². The van der Waals surface area contributed by atoms with Crippen molar-refractivity contribution in [3.05, 3.63) is 64.2 Å². The third kappa shape index (κ3) is 3.40. The lowest BCUT2D eigenvalue weighted by molar-refractivity contribution is 0.0950. The van der Waals surface area contributed by atoms with Gasteiger partial charge in [0, 0.05) is 17.8 Å². The van der Waals surface area contributed by atoms with Gasteiger partial charge in [0.05, 0.1) is 11.6 Å². The lowest BCUT2D eigenvalue weighted by Gasteiger charge is -2.10. The number of nitrogens with two attached hydrogens (primary N) is 1. The number of benzene rings is 2. The van der Waals surface area contributed by atoms with Crippen molar-refractivity contribution in [1.29, 1.82) is 5.26 Å². The van der Waals surface area contributed by atoms with Crippen molar-refractivity contribution in [3.8, 4) is 6.07 Å². The van der Waals surface area contributed by atoms with Crippen LogP contribution in [0.2, 0.25) is 0 Å². The Morgan fingerprint density at radius 3 is 2.48 bits per heavy atom. The molecule has 0 saturated carbocycles. The summed E-state index contributed by atoms with van der Waals surface area (Å²) in [6.07, 6.45) is 0. The fraction of sp³-hybridized carbons (Fsp3) is 0.176. The number of nitrogens with one attached hydrogen (secondary N) is 1. The molecule has 0 aliphatic heterocycles. The Kier molecular flexibility index (Phi) is 4.24. The van der Waals surface area contributed by atoms with Crippen LogP contribution in [0.5, 0.6) is 0 Å². The van der Waals surface area contributed by atoms with Gasteiger partial charge in [-0.15, -0.1) is 0 Å². The highest BCUT2D eigenvalue weighted by Gasteiger charge is 2.10. The van der Waals surface area contributed by atoms with Gasteiger partial charge in [0.25, 0.3) is 5.91 Å². The summed E-state index contributed by atoms with van der Waals surface area (Å²) >= 11 is 0. The van der Waals surface area contributed by atoms with Crippen molar-refractivity contribution in [3.63, 3.8) is 0 Å². The highest BCUT2D eigenvalue weighted by Crippen LogP contribution is 2.17. The molecule has 21 heavy (non-hydrogen) atoms. The maximum atomic E-state index is 12.2. The summed E-state index contributed by atoms with van der Waals surface area (Å²) in [5.41, 5.74) is 10.5. The third-order valence-corrected chi connectivity index (χ3v) is 3.39. The topological polar surface area (TPSA) is 78.9 Å². The Balaban J connectivity index is 2.08. The number of rotatable bonds is 3. The fourth-order valence-electron chi connectivity index (χ4n) is 2.09. The number of carbonyl (C=O) groups excluding carboxylic acids is 1. The van der Waals surface area contributed by atoms with Crippen LogP contribution in [0.4, 0.5) is 5.69 Å². The van der Waals surface area contributed by atoms with E-state index in [1.54, 1.807) is 18.2 Å². The molecule has 0 spiro atoms. The fourth-order valence-corrected chi connectivity index (χ4v) is 2.09. The maximum absolute atomic E-state index is 12.2. The second kappa shape index (κ2) is 6.10. The monoisotopic (exact) mass is 279 g/mol. The number of nitrogens with zero attached hydrogens (tertiary/aromatic N) is 1. The summed E-state index contributed by atoms with van der Waals surface area (Å²) in [7, 11) is 0. The van der Waals surface area contributed by atoms with Crippen LogP contribution in [0.3, 0.4) is 0 Å². The van der Waals surface area contributed by atoms with Crippen LogP contribution in [-0.2, 0) is 6.54 Å². The number of hydrogen-bond donors (Lipinski definition) is 2. The summed E-state index contributed by atoms with van der Waals surface area (Å²) in [5.74, 6) is -0.149. The van der Waals surface area contributed by atoms with Gasteiger partial charge in [-0.3, -0.25) is 4.79 Å². The molecular weight excluding hydrogens is 262 g/mol. The van der Waals surface area contributed by atoms with Crippen LogP contribution < -0.4 is 11.1 Å². The van der Waals surface area contributed by atoms with Gasteiger partial charge in [-0.1, -0.05) is 18.2 Å². The molecule has 2 rings (SSSR count). The Hall–Kier alpha value is -2.80. The van der Waals surface area contributed by atoms with E-state index in [-0.39, 0.29) is 5.91 Å². The quantitative estimate of drug-likeness (QED) is 0.848. The van der Waals surface area contributed by atoms with E-state index in [1.165, 1.54) is 0 Å². The van der Waals surface area contributed by atoms with Crippen LogP contribution in [-0.4, -0.2) is 5.91 Å². The summed E-state index contributed by atoms with van der Waals surface area (Å²) in [5, 5.41) is 11.6. The zero-order valence-electron chi connectivity index (χ0n) is 12.1. The summed E-state index contributed by atoms with van der Waals surface area (Å²) < 4.78 is 0. The van der Waals surface area contributed by atoms with Gasteiger partial charge in [-0.05, 0) is 48.7 Å². The molecule has 0 fully saturated rings. The molecule has 0 unspecified atom stereocenters. The van der Waals surface area contributed by atoms with Crippen molar-refractivity contribution in [2.75, 3.05) is 5.73 Å². The van der Waals surface area contributed by atoms with Gasteiger partial charge in [0.2, 0.25) is 0 Å². The molecule has 0 bridgehead atoms. The Labute approximate surface area is 124 Å². The van der Waals surface area contributed by atoms with Gasteiger partial charge < -0.3 is 11.1 Å². The zero-order chi connectivity index (χ0) is 15.4. The van der Waals surface area contributed by atoms with E-state index in [1.807, 2.05) is 32.0 Å².